The first-order valence-electron chi connectivity index (χ1n) is 5.35. The van der Waals surface area contributed by atoms with Gasteiger partial charge in [-0.1, -0.05) is 24.1 Å². The van der Waals surface area contributed by atoms with E-state index in [0.29, 0.717) is 11.1 Å². The molecule has 0 atom stereocenters. The van der Waals surface area contributed by atoms with E-state index in [4.69, 9.17) is 6.42 Å². The zero-order valence-electron chi connectivity index (χ0n) is 9.63. The second-order valence-corrected chi connectivity index (χ2v) is 3.91. The third kappa shape index (κ3) is 2.76. The van der Waals surface area contributed by atoms with Crippen molar-refractivity contribution in [2.45, 2.75) is 6.18 Å². The highest BCUT2D eigenvalue weighted by molar-refractivity contribution is 5.65. The Labute approximate surface area is 107 Å². The number of alkyl halides is 3. The van der Waals surface area contributed by atoms with Gasteiger partial charge in [-0.2, -0.15) is 13.2 Å². The Kier molecular flexibility index (Phi) is 3.30. The van der Waals surface area contributed by atoms with Gasteiger partial charge >= 0.3 is 6.18 Å². The number of benzene rings is 2. The van der Waals surface area contributed by atoms with Crippen LogP contribution >= 0.6 is 0 Å². The van der Waals surface area contributed by atoms with Crippen molar-refractivity contribution in [2.75, 3.05) is 0 Å². The molecule has 2 aromatic carbocycles. The number of halogens is 4. The Morgan fingerprint density at radius 3 is 2.05 bits per heavy atom. The van der Waals surface area contributed by atoms with Crippen LogP contribution in [0.4, 0.5) is 17.6 Å². The lowest BCUT2D eigenvalue weighted by Crippen LogP contribution is -2.04. The molecular formula is C15H8F4. The van der Waals surface area contributed by atoms with Crippen LogP contribution in [0, 0.1) is 18.2 Å². The van der Waals surface area contributed by atoms with Crippen molar-refractivity contribution in [1.82, 2.24) is 0 Å². The lowest BCUT2D eigenvalue weighted by Gasteiger charge is -2.08. The Balaban J connectivity index is 2.41. The Bertz CT molecular complexity index is 631. The number of hydrogen-bond acceptors (Lipinski definition) is 0. The van der Waals surface area contributed by atoms with E-state index in [0.717, 1.165) is 12.1 Å². The van der Waals surface area contributed by atoms with Gasteiger partial charge in [-0.15, -0.1) is 6.42 Å². The first-order valence-corrected chi connectivity index (χ1v) is 5.35. The van der Waals surface area contributed by atoms with Gasteiger partial charge in [0.25, 0.3) is 0 Å². The Morgan fingerprint density at radius 1 is 0.947 bits per heavy atom. The quantitative estimate of drug-likeness (QED) is 0.525. The van der Waals surface area contributed by atoms with E-state index in [1.165, 1.54) is 30.3 Å². The highest BCUT2D eigenvalue weighted by Gasteiger charge is 2.30. The fourth-order valence-electron chi connectivity index (χ4n) is 1.68. The third-order valence-corrected chi connectivity index (χ3v) is 2.66. The van der Waals surface area contributed by atoms with E-state index in [9.17, 15) is 17.6 Å². The zero-order chi connectivity index (χ0) is 14.0. The molecule has 0 aliphatic heterocycles. The van der Waals surface area contributed by atoms with Crippen molar-refractivity contribution in [3.8, 4) is 23.5 Å². The fourth-order valence-corrected chi connectivity index (χ4v) is 1.68. The predicted molar refractivity (Wildman–Crippen MR) is 64.8 cm³/mol. The average Bonchev–Trinajstić information content (AvgIpc) is 2.37. The van der Waals surface area contributed by atoms with Gasteiger partial charge < -0.3 is 0 Å². The maximum absolute atomic E-state index is 13.7. The summed E-state index contributed by atoms with van der Waals surface area (Å²) in [4.78, 5) is 0. The van der Waals surface area contributed by atoms with Gasteiger partial charge in [-0.25, -0.2) is 4.39 Å². The molecule has 0 N–H and O–H groups in total. The van der Waals surface area contributed by atoms with Gasteiger partial charge in [0.05, 0.1) is 5.56 Å². The minimum absolute atomic E-state index is 0.215. The molecular weight excluding hydrogens is 256 g/mol. The van der Waals surface area contributed by atoms with E-state index in [1.807, 2.05) is 0 Å². The molecule has 4 heteroatoms. The molecule has 2 rings (SSSR count). The summed E-state index contributed by atoms with van der Waals surface area (Å²) in [6.07, 6.45) is 0.735. The second-order valence-electron chi connectivity index (χ2n) is 3.91. The van der Waals surface area contributed by atoms with Crippen LogP contribution in [0.3, 0.4) is 0 Å². The number of hydrogen-bond donors (Lipinski definition) is 0. The largest absolute Gasteiger partial charge is 0.416 e. The molecule has 0 saturated carbocycles. The summed E-state index contributed by atoms with van der Waals surface area (Å²) in [7, 11) is 0. The molecule has 0 nitrogen and oxygen atoms in total. The highest BCUT2D eigenvalue weighted by Crippen LogP contribution is 2.31. The van der Waals surface area contributed by atoms with Crippen LogP contribution in [0.25, 0.3) is 11.1 Å². The lowest BCUT2D eigenvalue weighted by molar-refractivity contribution is -0.137. The predicted octanol–water partition coefficient (Wildman–Crippen LogP) is 4.49. The van der Waals surface area contributed by atoms with Crippen molar-refractivity contribution >= 4 is 0 Å². The topological polar surface area (TPSA) is 0 Å². The van der Waals surface area contributed by atoms with E-state index >= 15 is 0 Å². The van der Waals surface area contributed by atoms with Crippen LogP contribution in [0.2, 0.25) is 0 Å². The van der Waals surface area contributed by atoms with Gasteiger partial charge in [0.1, 0.15) is 5.82 Å². The zero-order valence-corrected chi connectivity index (χ0v) is 9.63. The molecule has 96 valence electrons. The normalized spacial score (nSPS) is 11.1. The van der Waals surface area contributed by atoms with Crippen molar-refractivity contribution in [1.29, 1.82) is 0 Å². The highest BCUT2D eigenvalue weighted by atomic mass is 19.4. The molecule has 0 amide bonds. The smallest absolute Gasteiger partial charge is 0.206 e. The number of rotatable bonds is 1. The van der Waals surface area contributed by atoms with Gasteiger partial charge in [0.15, 0.2) is 0 Å². The van der Waals surface area contributed by atoms with E-state index in [2.05, 4.69) is 5.92 Å². The minimum atomic E-state index is -4.40. The van der Waals surface area contributed by atoms with Crippen LogP contribution in [-0.4, -0.2) is 0 Å². The minimum Gasteiger partial charge on any atom is -0.206 e. The van der Waals surface area contributed by atoms with Crippen molar-refractivity contribution in [2.24, 2.45) is 0 Å². The third-order valence-electron chi connectivity index (χ3n) is 2.66. The summed E-state index contributed by atoms with van der Waals surface area (Å²) in [6, 6.07) is 8.47. The second kappa shape index (κ2) is 4.77. The van der Waals surface area contributed by atoms with Crippen LogP contribution in [0.15, 0.2) is 42.5 Å². The molecule has 0 spiro atoms. The van der Waals surface area contributed by atoms with Gasteiger partial charge in [-0.3, -0.25) is 0 Å². The standard InChI is InChI=1S/C15H8F4/c1-2-10-3-8-13(14(16)9-10)11-4-6-12(7-5-11)15(17,18)19/h1,3-9H. The SMILES string of the molecule is C#Cc1ccc(-c2ccc(C(F)(F)F)cc2)c(F)c1. The Hall–Kier alpha value is -2.28. The van der Waals surface area contributed by atoms with E-state index in [-0.39, 0.29) is 5.56 Å². The lowest BCUT2D eigenvalue weighted by atomic mass is 10.0. The molecule has 0 unspecified atom stereocenters. The van der Waals surface area contributed by atoms with Crippen molar-refractivity contribution < 1.29 is 17.6 Å². The molecule has 0 radical (unpaired) electrons. The molecule has 0 heterocycles. The van der Waals surface area contributed by atoms with Gasteiger partial charge in [0.2, 0.25) is 0 Å². The van der Waals surface area contributed by atoms with Crippen LogP contribution < -0.4 is 0 Å². The number of terminal acetylenes is 1. The maximum atomic E-state index is 13.7. The molecule has 0 aliphatic rings. The summed E-state index contributed by atoms with van der Waals surface area (Å²) in [6.45, 7) is 0. The Morgan fingerprint density at radius 2 is 1.58 bits per heavy atom. The van der Waals surface area contributed by atoms with Gasteiger partial charge in [-0.05, 0) is 29.8 Å². The maximum Gasteiger partial charge on any atom is 0.416 e. The molecule has 0 bridgehead atoms. The first-order chi connectivity index (χ1) is 8.91. The summed E-state index contributed by atoms with van der Waals surface area (Å²) < 4.78 is 51.0. The molecule has 2 aromatic rings. The summed E-state index contributed by atoms with van der Waals surface area (Å²) in [5, 5.41) is 0. The van der Waals surface area contributed by atoms with E-state index < -0.39 is 17.6 Å². The molecule has 0 saturated heterocycles. The molecule has 0 fully saturated rings. The van der Waals surface area contributed by atoms with Crippen molar-refractivity contribution in [3.05, 3.63) is 59.4 Å². The van der Waals surface area contributed by atoms with Crippen LogP contribution in [-0.2, 0) is 6.18 Å². The molecule has 0 aromatic heterocycles. The monoisotopic (exact) mass is 264 g/mol. The first kappa shape index (κ1) is 13.2. The van der Waals surface area contributed by atoms with Crippen LogP contribution in [0.5, 0.6) is 0 Å². The van der Waals surface area contributed by atoms with Crippen molar-refractivity contribution in [3.63, 3.8) is 0 Å². The molecule has 19 heavy (non-hydrogen) atoms. The summed E-state index contributed by atoms with van der Waals surface area (Å²) >= 11 is 0. The van der Waals surface area contributed by atoms with E-state index in [1.54, 1.807) is 0 Å². The average molecular weight is 264 g/mol. The summed E-state index contributed by atoms with van der Waals surface area (Å²) in [5.41, 5.74) is 0.201. The van der Waals surface area contributed by atoms with Crippen LogP contribution in [0.1, 0.15) is 11.1 Å². The fraction of sp³-hybridized carbons (Fsp3) is 0.0667. The summed E-state index contributed by atoms with van der Waals surface area (Å²) in [5.74, 6) is 1.73. The van der Waals surface area contributed by atoms with Gasteiger partial charge in [0, 0.05) is 11.1 Å². The molecule has 0 aliphatic carbocycles.